The summed E-state index contributed by atoms with van der Waals surface area (Å²) in [5.74, 6) is 2.06. The van der Waals surface area contributed by atoms with E-state index >= 15 is 0 Å². The molecule has 0 aliphatic heterocycles. The van der Waals surface area contributed by atoms with E-state index in [9.17, 15) is 10.4 Å². The van der Waals surface area contributed by atoms with Crippen molar-refractivity contribution in [3.63, 3.8) is 0 Å². The summed E-state index contributed by atoms with van der Waals surface area (Å²) < 4.78 is 2.67. The van der Waals surface area contributed by atoms with Crippen LogP contribution in [0.4, 0.5) is 5.69 Å². The molecule has 41 heavy (non-hydrogen) atoms. The number of nitrogens with zero attached hydrogens (tertiary/aromatic N) is 4. The molecular weight excluding hydrogens is 589 g/mol. The molecule has 0 saturated carbocycles. The van der Waals surface area contributed by atoms with Crippen LogP contribution in [0.15, 0.2) is 113 Å². The van der Waals surface area contributed by atoms with E-state index in [1.54, 1.807) is 42.6 Å². The zero-order valence-electron chi connectivity index (χ0n) is 23.8. The van der Waals surface area contributed by atoms with Gasteiger partial charge in [0.1, 0.15) is 4.38 Å². The smallest absolute Gasteiger partial charge is 0.262 e. The molecule has 0 bridgehead atoms. The highest BCUT2D eigenvalue weighted by Gasteiger charge is 2.13. The lowest BCUT2D eigenvalue weighted by atomic mass is 9.87. The van der Waals surface area contributed by atoms with E-state index in [0.717, 1.165) is 31.0 Å². The number of hydrogen-bond acceptors (Lipinski definition) is 8. The number of aromatic nitrogens is 3. The third kappa shape index (κ3) is 12.0. The molecule has 4 rings (SSSR count). The SMILES string of the molecule is CCCCS/C(=N/c1cccnc1)SCc1ccc(C(C)(C)C)cc1.[O-][n+]1ccccc1SSc1cccc[n+]1[O-]. The maximum Gasteiger partial charge on any atom is 0.262 e. The van der Waals surface area contributed by atoms with Crippen molar-refractivity contribution in [1.29, 1.82) is 0 Å². The number of unbranched alkanes of at least 4 members (excludes halogenated alkanes) is 1. The molecule has 0 N–H and O–H groups in total. The molecule has 0 saturated heterocycles. The molecule has 1 aromatic carbocycles. The summed E-state index contributed by atoms with van der Waals surface area (Å²) in [4.78, 5) is 8.94. The third-order valence-corrected chi connectivity index (χ3v) is 10.2. The first-order valence-corrected chi connectivity index (χ1v) is 17.4. The van der Waals surface area contributed by atoms with Crippen molar-refractivity contribution in [2.45, 2.75) is 61.8 Å². The van der Waals surface area contributed by atoms with E-state index in [4.69, 9.17) is 4.99 Å². The highest BCUT2D eigenvalue weighted by Crippen LogP contribution is 2.33. The van der Waals surface area contributed by atoms with Gasteiger partial charge in [-0.25, -0.2) is 4.99 Å². The predicted octanol–water partition coefficient (Wildman–Crippen LogP) is 8.59. The Morgan fingerprint density at radius 2 is 1.46 bits per heavy atom. The first kappa shape index (κ1) is 32.8. The lowest BCUT2D eigenvalue weighted by Crippen LogP contribution is -2.28. The average molecular weight is 625 g/mol. The Hall–Kier alpha value is -2.66. The van der Waals surface area contributed by atoms with E-state index in [1.165, 1.54) is 58.0 Å². The van der Waals surface area contributed by atoms with Crippen LogP contribution in [0.1, 0.15) is 51.7 Å². The van der Waals surface area contributed by atoms with Gasteiger partial charge in [-0.2, -0.15) is 9.46 Å². The Labute approximate surface area is 260 Å². The lowest BCUT2D eigenvalue weighted by Gasteiger charge is -2.19. The normalized spacial score (nSPS) is 11.6. The van der Waals surface area contributed by atoms with Gasteiger partial charge < -0.3 is 10.4 Å². The number of pyridine rings is 3. The number of rotatable bonds is 9. The van der Waals surface area contributed by atoms with Crippen molar-refractivity contribution in [2.75, 3.05) is 5.75 Å². The lowest BCUT2D eigenvalue weighted by molar-refractivity contribution is -0.646. The molecular formula is C31H36N4O2S4. The van der Waals surface area contributed by atoms with Gasteiger partial charge in [-0.3, -0.25) is 4.98 Å². The molecule has 0 spiro atoms. The molecule has 0 amide bonds. The van der Waals surface area contributed by atoms with Crippen molar-refractivity contribution < 1.29 is 9.46 Å². The standard InChI is InChI=1S/C21H28N2S2.C10H8N2O2S2/c1-5-6-14-24-20(23-19-8-7-13-22-15-19)25-16-17-9-11-18(12-10-17)21(2,3)4;13-11-7-3-1-5-9(11)15-16-10-6-2-4-8-12(10)14/h7-13,15H,5-6,14,16H2,1-4H3;1-8H/b23-20-;. The molecule has 0 aliphatic rings. The zero-order chi connectivity index (χ0) is 29.5. The van der Waals surface area contributed by atoms with Gasteiger partial charge in [0.25, 0.3) is 10.1 Å². The summed E-state index contributed by atoms with van der Waals surface area (Å²) in [6, 6.07) is 23.2. The molecule has 3 heterocycles. The second-order valence-corrected chi connectivity index (χ2v) is 14.4. The molecule has 4 aromatic rings. The van der Waals surface area contributed by atoms with Gasteiger partial charge in [-0.15, -0.1) is 0 Å². The number of benzene rings is 1. The largest absolute Gasteiger partial charge is 0.618 e. The monoisotopic (exact) mass is 624 g/mol. The molecule has 0 fully saturated rings. The van der Waals surface area contributed by atoms with Crippen molar-refractivity contribution in [3.05, 3.63) is 119 Å². The molecule has 0 unspecified atom stereocenters. The maximum atomic E-state index is 11.3. The highest BCUT2D eigenvalue weighted by molar-refractivity contribution is 8.76. The molecule has 6 nitrogen and oxygen atoms in total. The summed E-state index contributed by atoms with van der Waals surface area (Å²) in [6.45, 7) is 8.97. The van der Waals surface area contributed by atoms with Gasteiger partial charge in [-0.05, 0) is 53.0 Å². The topological polar surface area (TPSA) is 79.1 Å². The van der Waals surface area contributed by atoms with Crippen LogP contribution in [0.5, 0.6) is 0 Å². The Balaban J connectivity index is 0.000000248. The Bertz CT molecular complexity index is 1320. The molecule has 0 atom stereocenters. The highest BCUT2D eigenvalue weighted by atomic mass is 33.1. The minimum atomic E-state index is 0.203. The van der Waals surface area contributed by atoms with Gasteiger partial charge in [-0.1, -0.05) is 81.9 Å². The van der Waals surface area contributed by atoms with Crippen LogP contribution in [0.3, 0.4) is 0 Å². The maximum absolute atomic E-state index is 11.3. The quantitative estimate of drug-likeness (QED) is 0.0461. The summed E-state index contributed by atoms with van der Waals surface area (Å²) in [5, 5.41) is 23.8. The van der Waals surface area contributed by atoms with Crippen molar-refractivity contribution in [1.82, 2.24) is 4.98 Å². The Morgan fingerprint density at radius 1 is 0.829 bits per heavy atom. The van der Waals surface area contributed by atoms with Gasteiger partial charge >= 0.3 is 0 Å². The van der Waals surface area contributed by atoms with E-state index in [-0.39, 0.29) is 5.41 Å². The first-order valence-electron chi connectivity index (χ1n) is 13.3. The van der Waals surface area contributed by atoms with Crippen molar-refractivity contribution in [2.24, 2.45) is 4.99 Å². The molecule has 216 valence electrons. The van der Waals surface area contributed by atoms with Crippen molar-refractivity contribution in [3.8, 4) is 0 Å². The minimum absolute atomic E-state index is 0.203. The third-order valence-electron chi connectivity index (χ3n) is 5.56. The average Bonchev–Trinajstić information content (AvgIpc) is 2.97. The second-order valence-electron chi connectivity index (χ2n) is 9.92. The summed E-state index contributed by atoms with van der Waals surface area (Å²) in [5.41, 5.74) is 3.85. The van der Waals surface area contributed by atoms with Crippen LogP contribution < -0.4 is 9.46 Å². The zero-order valence-corrected chi connectivity index (χ0v) is 27.1. The van der Waals surface area contributed by atoms with Gasteiger partial charge in [0, 0.05) is 57.8 Å². The molecule has 0 radical (unpaired) electrons. The van der Waals surface area contributed by atoms with E-state index in [0.29, 0.717) is 10.1 Å². The van der Waals surface area contributed by atoms with Crippen LogP contribution in [0, 0.1) is 10.4 Å². The predicted molar refractivity (Wildman–Crippen MR) is 178 cm³/mol. The fraction of sp³-hybridized carbons (Fsp3) is 0.290. The van der Waals surface area contributed by atoms with E-state index in [2.05, 4.69) is 56.9 Å². The van der Waals surface area contributed by atoms with Crippen LogP contribution in [0.25, 0.3) is 0 Å². The van der Waals surface area contributed by atoms with Crippen LogP contribution in [-0.4, -0.2) is 15.1 Å². The number of thioether (sulfide) groups is 2. The summed E-state index contributed by atoms with van der Waals surface area (Å²) >= 11 is 3.67. The molecule has 0 aliphatic carbocycles. The molecule has 10 heteroatoms. The fourth-order valence-electron chi connectivity index (χ4n) is 3.22. The van der Waals surface area contributed by atoms with Crippen LogP contribution >= 0.6 is 45.1 Å². The fourth-order valence-corrected chi connectivity index (χ4v) is 7.41. The Kier molecular flexibility index (Phi) is 13.9. The molecule has 3 aromatic heterocycles. The first-order chi connectivity index (χ1) is 19.8. The van der Waals surface area contributed by atoms with E-state index < -0.39 is 0 Å². The van der Waals surface area contributed by atoms with Gasteiger partial charge in [0.2, 0.25) is 0 Å². The van der Waals surface area contributed by atoms with E-state index in [1.807, 2.05) is 41.9 Å². The van der Waals surface area contributed by atoms with Crippen molar-refractivity contribution >= 4 is 55.2 Å². The van der Waals surface area contributed by atoms with Gasteiger partial charge in [0.05, 0.1) is 11.9 Å². The minimum Gasteiger partial charge on any atom is -0.618 e. The summed E-state index contributed by atoms with van der Waals surface area (Å²) in [7, 11) is 2.52. The van der Waals surface area contributed by atoms with Crippen LogP contribution in [-0.2, 0) is 11.2 Å². The second kappa shape index (κ2) is 17.3. The number of hydrogen-bond donors (Lipinski definition) is 0. The summed E-state index contributed by atoms with van der Waals surface area (Å²) in [6.07, 6.45) is 8.90. The number of aliphatic imine (C=N–C) groups is 1. The van der Waals surface area contributed by atoms with Gasteiger partial charge in [0.15, 0.2) is 12.4 Å². The Morgan fingerprint density at radius 3 is 1.98 bits per heavy atom. The van der Waals surface area contributed by atoms with Crippen LogP contribution in [0.2, 0.25) is 0 Å².